The predicted molar refractivity (Wildman–Crippen MR) is 87.0 cm³/mol. The zero-order valence-electron chi connectivity index (χ0n) is 12.7. The Morgan fingerprint density at radius 1 is 0.739 bits per heavy atom. The molecule has 0 saturated heterocycles. The van der Waals surface area contributed by atoms with Gasteiger partial charge in [-0.15, -0.1) is 36.9 Å². The summed E-state index contributed by atoms with van der Waals surface area (Å²) in [5.74, 6) is 0. The molecule has 0 nitrogen and oxygen atoms in total. The van der Waals surface area contributed by atoms with Crippen molar-refractivity contribution in [2.75, 3.05) is 0 Å². The van der Waals surface area contributed by atoms with E-state index in [0.29, 0.717) is 0 Å². The van der Waals surface area contributed by atoms with Crippen LogP contribution in [0.1, 0.15) is 11.1 Å². The van der Waals surface area contributed by atoms with Crippen LogP contribution in [0.25, 0.3) is 22.3 Å². The van der Waals surface area contributed by atoms with Crippen LogP contribution in [0.2, 0.25) is 0 Å². The van der Waals surface area contributed by atoms with Gasteiger partial charge in [-0.05, 0) is 23.1 Å². The Kier molecular flexibility index (Phi) is 9.55. The van der Waals surface area contributed by atoms with Gasteiger partial charge in [0.05, 0.1) is 0 Å². The van der Waals surface area contributed by atoms with Crippen LogP contribution in [0, 0.1) is 0 Å². The molecule has 0 spiro atoms. The molecular formula is C20H17Cl2Zr. The summed E-state index contributed by atoms with van der Waals surface area (Å²) in [5.41, 5.74) is 8.45. The van der Waals surface area contributed by atoms with Gasteiger partial charge in [-0.3, -0.25) is 0 Å². The maximum atomic E-state index is 3.00. The Balaban J connectivity index is 0.000000934. The van der Waals surface area contributed by atoms with E-state index in [1.54, 1.807) is 0 Å². The van der Waals surface area contributed by atoms with Gasteiger partial charge < -0.3 is 24.8 Å². The first-order chi connectivity index (χ1) is 9.93. The summed E-state index contributed by atoms with van der Waals surface area (Å²) in [7, 11) is 0. The van der Waals surface area contributed by atoms with E-state index < -0.39 is 0 Å². The van der Waals surface area contributed by atoms with Crippen molar-refractivity contribution >= 4 is 0 Å². The average molecular weight is 419 g/mol. The fourth-order valence-corrected chi connectivity index (χ4v) is 2.98. The molecule has 3 aromatic carbocycles. The second-order valence-electron chi connectivity index (χ2n) is 4.84. The van der Waals surface area contributed by atoms with Gasteiger partial charge in [0.15, 0.2) is 0 Å². The molecule has 0 amide bonds. The van der Waals surface area contributed by atoms with Gasteiger partial charge in [0.2, 0.25) is 0 Å². The van der Waals surface area contributed by atoms with E-state index in [9.17, 15) is 0 Å². The van der Waals surface area contributed by atoms with Crippen molar-refractivity contribution in [2.45, 2.75) is 6.42 Å². The third kappa shape index (κ3) is 4.10. The first kappa shape index (κ1) is 22.0. The largest absolute Gasteiger partial charge is 3.00 e. The first-order valence-electron chi connectivity index (χ1n) is 6.86. The molecule has 0 bridgehead atoms. The molecule has 0 atom stereocenters. The number of benzene rings is 2. The summed E-state index contributed by atoms with van der Waals surface area (Å²) >= 11 is 0. The second-order valence-corrected chi connectivity index (χ2v) is 4.84. The van der Waals surface area contributed by atoms with Crippen molar-refractivity contribution < 1.29 is 51.0 Å². The third-order valence-corrected chi connectivity index (χ3v) is 3.82. The van der Waals surface area contributed by atoms with Crippen molar-refractivity contribution in [1.82, 2.24) is 0 Å². The standard InChI is InChI=1S/C18H13.C2H4.2ClH.Zr/c1-2-7-13(6-1)15-10-5-11-17-16-9-4-3-8-14(16)12-18(15)17;1-2;;;/h1-11H,12H2;1-2H2;2*1H;/q-1;;;;+3/p-2. The summed E-state index contributed by atoms with van der Waals surface area (Å²) in [6, 6.07) is 24.0. The van der Waals surface area contributed by atoms with Crippen molar-refractivity contribution in [3.8, 4) is 22.3 Å². The van der Waals surface area contributed by atoms with Crippen LogP contribution in [0.3, 0.4) is 0 Å². The molecule has 1 radical (unpaired) electrons. The van der Waals surface area contributed by atoms with Crippen molar-refractivity contribution in [2.24, 2.45) is 0 Å². The van der Waals surface area contributed by atoms with Crippen LogP contribution >= 0.6 is 0 Å². The van der Waals surface area contributed by atoms with E-state index in [4.69, 9.17) is 0 Å². The zero-order valence-corrected chi connectivity index (χ0v) is 16.7. The minimum Gasteiger partial charge on any atom is -1.00 e. The monoisotopic (exact) mass is 417 g/mol. The summed E-state index contributed by atoms with van der Waals surface area (Å²) in [5, 5.41) is 0. The minimum absolute atomic E-state index is 0. The molecule has 3 heteroatoms. The molecule has 4 rings (SSSR count). The minimum atomic E-state index is 0. The van der Waals surface area contributed by atoms with Gasteiger partial charge in [0, 0.05) is 0 Å². The molecule has 0 fully saturated rings. The quantitative estimate of drug-likeness (QED) is 0.287. The first-order valence-corrected chi connectivity index (χ1v) is 6.86. The summed E-state index contributed by atoms with van der Waals surface area (Å²) in [6.07, 6.45) is 1.06. The number of hydrogen-bond donors (Lipinski definition) is 0. The fourth-order valence-electron chi connectivity index (χ4n) is 2.98. The van der Waals surface area contributed by atoms with Crippen LogP contribution < -0.4 is 24.8 Å². The predicted octanol–water partition coefficient (Wildman–Crippen LogP) is -0.549. The van der Waals surface area contributed by atoms with Crippen molar-refractivity contribution in [1.29, 1.82) is 0 Å². The molecule has 0 aromatic heterocycles. The van der Waals surface area contributed by atoms with E-state index >= 15 is 0 Å². The molecule has 0 N–H and O–H groups in total. The molecular weight excluding hydrogens is 402 g/mol. The molecule has 0 saturated carbocycles. The van der Waals surface area contributed by atoms with Crippen LogP contribution in [0.15, 0.2) is 79.9 Å². The van der Waals surface area contributed by atoms with Crippen LogP contribution in [-0.4, -0.2) is 0 Å². The molecule has 0 heterocycles. The number of fused-ring (bicyclic) bond motifs is 3. The van der Waals surface area contributed by atoms with Gasteiger partial charge in [-0.2, -0.15) is 12.1 Å². The van der Waals surface area contributed by atoms with Gasteiger partial charge in [-0.1, -0.05) is 47.5 Å². The van der Waals surface area contributed by atoms with E-state index in [1.807, 2.05) is 0 Å². The van der Waals surface area contributed by atoms with Crippen molar-refractivity contribution in [3.05, 3.63) is 91.0 Å². The maximum absolute atomic E-state index is 3.00. The van der Waals surface area contributed by atoms with E-state index in [0.717, 1.165) is 6.42 Å². The van der Waals surface area contributed by atoms with Gasteiger partial charge in [0.25, 0.3) is 0 Å². The molecule has 0 aliphatic heterocycles. The van der Waals surface area contributed by atoms with Crippen LogP contribution in [-0.2, 0) is 32.6 Å². The molecule has 0 unspecified atom stereocenters. The number of hydrogen-bond acceptors (Lipinski definition) is 0. The molecule has 23 heavy (non-hydrogen) atoms. The Morgan fingerprint density at radius 3 is 2.04 bits per heavy atom. The molecule has 115 valence electrons. The molecule has 3 aromatic rings. The SMILES string of the molecule is C=C.[Cl-].[Cl-].[Zr+3].c1ccc2c(c1)Cc1c-2cccc1-[c-]1cccc1. The third-order valence-electron chi connectivity index (χ3n) is 3.82. The van der Waals surface area contributed by atoms with E-state index in [-0.39, 0.29) is 51.0 Å². The van der Waals surface area contributed by atoms with Gasteiger partial charge >= 0.3 is 26.2 Å². The normalized spacial score (nSPS) is 9.74. The Hall–Kier alpha value is -1.01. The Bertz CT molecular complexity index is 733. The fraction of sp³-hybridized carbons (Fsp3) is 0.0500. The molecule has 1 aliphatic rings. The second kappa shape index (κ2) is 9.98. The summed E-state index contributed by atoms with van der Waals surface area (Å²) in [4.78, 5) is 0. The topological polar surface area (TPSA) is 0 Å². The molecule has 1 aliphatic carbocycles. The summed E-state index contributed by atoms with van der Waals surface area (Å²) in [6.45, 7) is 6.00. The zero-order chi connectivity index (χ0) is 13.9. The number of halogens is 2. The summed E-state index contributed by atoms with van der Waals surface area (Å²) < 4.78 is 0. The Labute approximate surface area is 169 Å². The van der Waals surface area contributed by atoms with Gasteiger partial charge in [-0.25, -0.2) is 0 Å². The van der Waals surface area contributed by atoms with Gasteiger partial charge in [0.1, 0.15) is 0 Å². The van der Waals surface area contributed by atoms with E-state index in [1.165, 1.54) is 33.4 Å². The average Bonchev–Trinajstić information content (AvgIpc) is 3.16. The van der Waals surface area contributed by atoms with Crippen LogP contribution in [0.4, 0.5) is 0 Å². The van der Waals surface area contributed by atoms with E-state index in [2.05, 4.69) is 79.9 Å². The van der Waals surface area contributed by atoms with Crippen molar-refractivity contribution in [3.63, 3.8) is 0 Å². The Morgan fingerprint density at radius 2 is 1.35 bits per heavy atom. The number of rotatable bonds is 1. The van der Waals surface area contributed by atoms with Crippen LogP contribution in [0.5, 0.6) is 0 Å². The smallest absolute Gasteiger partial charge is 1.00 e. The maximum Gasteiger partial charge on any atom is 3.00 e.